The molecule has 1 amide bonds. The number of piperidine rings is 1. The number of nitrogens with zero attached hydrogens (tertiary/aromatic N) is 4. The molecule has 0 radical (unpaired) electrons. The lowest BCUT2D eigenvalue weighted by molar-refractivity contribution is -0.220. The number of aromatic nitrogens is 1. The first-order chi connectivity index (χ1) is 19.3. The number of amides is 1. The van der Waals surface area contributed by atoms with Gasteiger partial charge in [0.25, 0.3) is 0 Å². The summed E-state index contributed by atoms with van der Waals surface area (Å²) in [5.41, 5.74) is 0.442. The zero-order valence-corrected chi connectivity index (χ0v) is 23.9. The maximum Gasteiger partial charge on any atom is 0.497 e. The molecule has 1 fully saturated rings. The predicted molar refractivity (Wildman–Crippen MR) is 146 cm³/mol. The number of halogens is 3. The number of likely N-dealkylation sites (tertiary alicyclic amines) is 1. The van der Waals surface area contributed by atoms with Gasteiger partial charge in [0.15, 0.2) is 16.4 Å². The third kappa shape index (κ3) is 5.25. The van der Waals surface area contributed by atoms with Crippen LogP contribution < -0.4 is 4.05 Å². The summed E-state index contributed by atoms with van der Waals surface area (Å²) in [6.07, 6.45) is -2.56. The van der Waals surface area contributed by atoms with E-state index in [2.05, 4.69) is 9.88 Å². The Bertz CT molecular complexity index is 1560. The summed E-state index contributed by atoms with van der Waals surface area (Å²) in [4.78, 5) is 39.4. The van der Waals surface area contributed by atoms with Gasteiger partial charge in [0.05, 0.1) is 10.6 Å². The Morgan fingerprint density at radius 1 is 1.07 bits per heavy atom. The topological polar surface area (TPSA) is 96.9 Å². The van der Waals surface area contributed by atoms with E-state index in [-0.39, 0.29) is 21.5 Å². The van der Waals surface area contributed by atoms with Crippen molar-refractivity contribution in [2.75, 3.05) is 33.7 Å². The molecule has 41 heavy (non-hydrogen) atoms. The lowest BCUT2D eigenvalue weighted by atomic mass is 9.97. The molecule has 2 aliphatic heterocycles. The van der Waals surface area contributed by atoms with Crippen molar-refractivity contribution in [2.45, 2.75) is 35.2 Å². The number of hydrogen-bond donors (Lipinski definition) is 0. The number of fused-ring (bicyclic) bond motifs is 1. The molecule has 0 saturated carbocycles. The largest absolute Gasteiger partial charge is 0.497 e. The number of sulfonamides is 1. The number of benzene rings is 1. The molecule has 2 aromatic heterocycles. The van der Waals surface area contributed by atoms with Gasteiger partial charge in [-0.3, -0.25) is 9.78 Å². The fraction of sp³-hybridized carbons (Fsp3) is 0.370. The lowest BCUT2D eigenvalue weighted by Crippen LogP contribution is -2.56. The van der Waals surface area contributed by atoms with Gasteiger partial charge in [-0.05, 0) is 57.2 Å². The highest BCUT2D eigenvalue weighted by Gasteiger charge is 2.63. The number of rotatable bonds is 6. The number of hydroxylamine groups is 1. The monoisotopic (exact) mass is 609 g/mol. The number of pyridine rings is 1. The Kier molecular flexibility index (Phi) is 7.70. The van der Waals surface area contributed by atoms with Gasteiger partial charge in [-0.15, -0.1) is 11.3 Å². The molecular formula is C27H28F3N4O5S2+. The highest BCUT2D eigenvalue weighted by atomic mass is 32.2. The second kappa shape index (κ2) is 10.8. The SMILES string of the molecule is CN1CCC(N(C)C(=O)C2C[N@@+](OC(=O)C(F)(F)F)(S(=O)(=O)c3ccc(-c4ccccn4)s3)c3ccccc32)CC1. The number of quaternary nitrogens is 1. The minimum Gasteiger partial charge on any atom is -0.342 e. The maximum atomic E-state index is 14.3. The van der Waals surface area contributed by atoms with Crippen LogP contribution in [0.2, 0.25) is 0 Å². The number of para-hydroxylation sites is 1. The molecule has 0 aliphatic carbocycles. The van der Waals surface area contributed by atoms with E-state index in [1.54, 1.807) is 31.3 Å². The Balaban J connectivity index is 1.59. The van der Waals surface area contributed by atoms with E-state index >= 15 is 0 Å². The van der Waals surface area contributed by atoms with E-state index in [1.807, 2.05) is 7.05 Å². The minimum absolute atomic E-state index is 0.124. The van der Waals surface area contributed by atoms with Crippen LogP contribution in [0.25, 0.3) is 10.6 Å². The van der Waals surface area contributed by atoms with Gasteiger partial charge in [-0.2, -0.15) is 21.6 Å². The second-order valence-corrected chi connectivity index (χ2v) is 13.5. The van der Waals surface area contributed by atoms with Crippen LogP contribution in [-0.4, -0.2) is 81.0 Å². The van der Waals surface area contributed by atoms with E-state index in [1.165, 1.54) is 41.4 Å². The third-order valence-electron chi connectivity index (χ3n) is 7.59. The summed E-state index contributed by atoms with van der Waals surface area (Å²) < 4.78 is 67.1. The standard InChI is InChI=1S/C27H28F3N4O5S2/c1-32-15-12-18(13-16-32)33(2)25(35)20-17-34(39-26(36)27(28,29)30,22-9-4-3-7-19(20)22)41(37,38)24-11-10-23(40-24)21-8-5-6-14-31-21/h3-11,14,18,20H,12-13,15-17H2,1-2H3/q+1/t20?,34-/m1/s1. The predicted octanol–water partition coefficient (Wildman–Crippen LogP) is 4.18. The van der Waals surface area contributed by atoms with E-state index in [0.717, 1.165) is 24.4 Å². The quantitative estimate of drug-likeness (QED) is 0.387. The van der Waals surface area contributed by atoms with Gasteiger partial charge >= 0.3 is 22.2 Å². The van der Waals surface area contributed by atoms with Crippen LogP contribution in [0.15, 0.2) is 65.0 Å². The first kappa shape index (κ1) is 29.2. The summed E-state index contributed by atoms with van der Waals surface area (Å²) >= 11 is 0.788. The molecular weight excluding hydrogens is 581 g/mol. The molecule has 1 aromatic carbocycles. The molecule has 0 N–H and O–H groups in total. The molecule has 3 aromatic rings. The lowest BCUT2D eigenvalue weighted by Gasteiger charge is -2.36. The first-order valence-corrected chi connectivity index (χ1v) is 15.1. The van der Waals surface area contributed by atoms with Crippen molar-refractivity contribution >= 4 is 38.9 Å². The van der Waals surface area contributed by atoms with Crippen molar-refractivity contribution in [1.82, 2.24) is 18.8 Å². The summed E-state index contributed by atoms with van der Waals surface area (Å²) in [7, 11) is -1.29. The van der Waals surface area contributed by atoms with Gasteiger partial charge in [0, 0.05) is 35.0 Å². The molecule has 1 unspecified atom stereocenters. The molecule has 0 bridgehead atoms. The Hall–Kier alpha value is -3.33. The smallest absolute Gasteiger partial charge is 0.342 e. The van der Waals surface area contributed by atoms with Crippen LogP contribution in [0.5, 0.6) is 0 Å². The third-order valence-corrected chi connectivity index (χ3v) is 11.2. The van der Waals surface area contributed by atoms with Crippen molar-refractivity contribution in [1.29, 1.82) is 0 Å². The molecule has 4 heterocycles. The van der Waals surface area contributed by atoms with Gasteiger partial charge in [-0.1, -0.05) is 24.3 Å². The van der Waals surface area contributed by atoms with Crippen molar-refractivity contribution in [3.63, 3.8) is 0 Å². The fourth-order valence-electron chi connectivity index (χ4n) is 5.35. The summed E-state index contributed by atoms with van der Waals surface area (Å²) in [5.74, 6) is -4.29. The molecule has 1 saturated heterocycles. The van der Waals surface area contributed by atoms with Crippen LogP contribution in [-0.2, 0) is 24.4 Å². The Labute approximate surface area is 239 Å². The molecule has 9 nitrogen and oxygen atoms in total. The number of thiophene rings is 1. The van der Waals surface area contributed by atoms with Crippen molar-refractivity contribution in [2.24, 2.45) is 0 Å². The highest BCUT2D eigenvalue weighted by molar-refractivity contribution is 7.93. The van der Waals surface area contributed by atoms with Crippen LogP contribution >= 0.6 is 11.3 Å². The number of alkyl halides is 3. The second-order valence-electron chi connectivity index (χ2n) is 10.1. The average Bonchev–Trinajstić information content (AvgIpc) is 3.58. The van der Waals surface area contributed by atoms with Crippen LogP contribution in [0.3, 0.4) is 0 Å². The van der Waals surface area contributed by atoms with Crippen LogP contribution in [0.4, 0.5) is 18.9 Å². The normalized spacial score (nSPS) is 21.8. The van der Waals surface area contributed by atoms with E-state index in [9.17, 15) is 31.2 Å². The highest BCUT2D eigenvalue weighted by Crippen LogP contribution is 2.49. The first-order valence-electron chi connectivity index (χ1n) is 12.8. The summed E-state index contributed by atoms with van der Waals surface area (Å²) in [6.45, 7) is 0.784. The number of likely N-dealkylation sites (N-methyl/N-ethyl adjacent to an activating group) is 1. The van der Waals surface area contributed by atoms with Crippen molar-refractivity contribution in [3.05, 3.63) is 66.4 Å². The molecule has 2 aliphatic rings. The van der Waals surface area contributed by atoms with E-state index in [0.29, 0.717) is 23.4 Å². The maximum absolute atomic E-state index is 14.3. The van der Waals surface area contributed by atoms with Crippen LogP contribution in [0, 0.1) is 0 Å². The van der Waals surface area contributed by atoms with E-state index in [4.69, 9.17) is 4.84 Å². The molecule has 14 heteroatoms. The number of hydrogen-bond acceptors (Lipinski definition) is 8. The average molecular weight is 610 g/mol. The molecule has 2 atom stereocenters. The van der Waals surface area contributed by atoms with Crippen molar-refractivity contribution in [3.8, 4) is 10.6 Å². The molecule has 218 valence electrons. The van der Waals surface area contributed by atoms with E-state index < -0.39 is 44.6 Å². The number of carbonyl (C=O) groups excluding carboxylic acids is 2. The Morgan fingerprint density at radius 2 is 1.76 bits per heavy atom. The van der Waals surface area contributed by atoms with Crippen LogP contribution in [0.1, 0.15) is 24.3 Å². The minimum atomic E-state index is -5.47. The zero-order valence-electron chi connectivity index (χ0n) is 22.2. The van der Waals surface area contributed by atoms with Gasteiger partial charge in [0.2, 0.25) is 5.91 Å². The molecule has 5 rings (SSSR count). The van der Waals surface area contributed by atoms with Gasteiger partial charge < -0.3 is 9.80 Å². The number of carbonyl (C=O) groups is 2. The Morgan fingerprint density at radius 3 is 2.41 bits per heavy atom. The zero-order chi connectivity index (χ0) is 29.6. The molecule has 0 spiro atoms. The summed E-state index contributed by atoms with van der Waals surface area (Å²) in [5, 5.41) is 0. The fourth-order valence-corrected chi connectivity index (χ4v) is 8.58. The van der Waals surface area contributed by atoms with Gasteiger partial charge in [0.1, 0.15) is 5.92 Å². The summed E-state index contributed by atoms with van der Waals surface area (Å²) in [6, 6.07) is 13.4. The van der Waals surface area contributed by atoms with Crippen molar-refractivity contribution < 1.29 is 36.0 Å². The van der Waals surface area contributed by atoms with Gasteiger partial charge in [-0.25, -0.2) is 9.63 Å².